The van der Waals surface area contributed by atoms with Gasteiger partial charge in [-0.05, 0) is 54.7 Å². The number of aromatic amines is 1. The lowest BCUT2D eigenvalue weighted by atomic mass is 9.77. The number of carbonyl (C=O) groups excluding carboxylic acids is 1. The number of aromatic nitrogens is 1. The van der Waals surface area contributed by atoms with Gasteiger partial charge in [0, 0.05) is 23.5 Å². The Morgan fingerprint density at radius 1 is 1.09 bits per heavy atom. The van der Waals surface area contributed by atoms with Gasteiger partial charge in [-0.2, -0.15) is 13.2 Å². The van der Waals surface area contributed by atoms with Gasteiger partial charge in [0.15, 0.2) is 0 Å². The van der Waals surface area contributed by atoms with E-state index in [-0.39, 0.29) is 12.0 Å². The number of alkyl halides is 5. The Balaban J connectivity index is 1.21. The number of rotatable bonds is 5. The van der Waals surface area contributed by atoms with Crippen molar-refractivity contribution in [2.24, 2.45) is 5.92 Å². The number of halogens is 5. The molecule has 2 aliphatic rings. The normalized spacial score (nSPS) is 24.1. The van der Waals surface area contributed by atoms with Gasteiger partial charge in [-0.3, -0.25) is 4.79 Å². The number of carbonyl (C=O) groups is 1. The lowest BCUT2D eigenvalue weighted by molar-refractivity contribution is -0.137. The third kappa shape index (κ3) is 3.91. The smallest absolute Gasteiger partial charge is 0.416 e. The zero-order valence-corrected chi connectivity index (χ0v) is 16.7. The quantitative estimate of drug-likeness (QED) is 0.461. The Morgan fingerprint density at radius 3 is 2.41 bits per heavy atom. The number of hydrogen-bond donors (Lipinski definition) is 2. The number of ether oxygens (including phenoxy) is 1. The molecule has 1 amide bonds. The van der Waals surface area contributed by atoms with Crippen molar-refractivity contribution >= 4 is 22.5 Å². The molecule has 2 aliphatic carbocycles. The van der Waals surface area contributed by atoms with Gasteiger partial charge >= 0.3 is 6.18 Å². The average Bonchev–Trinajstić information content (AvgIpc) is 3.18. The summed E-state index contributed by atoms with van der Waals surface area (Å²) in [5.41, 5.74) is 1.32. The van der Waals surface area contributed by atoms with Crippen LogP contribution in [-0.2, 0) is 11.0 Å². The van der Waals surface area contributed by atoms with Crippen LogP contribution >= 0.6 is 0 Å². The number of fused-ring (bicyclic) bond motifs is 1. The first-order chi connectivity index (χ1) is 15.1. The van der Waals surface area contributed by atoms with Gasteiger partial charge in [-0.25, -0.2) is 8.78 Å². The summed E-state index contributed by atoms with van der Waals surface area (Å²) >= 11 is 0. The fourth-order valence-corrected chi connectivity index (χ4v) is 4.06. The van der Waals surface area contributed by atoms with Gasteiger partial charge in [0.25, 0.3) is 5.92 Å². The van der Waals surface area contributed by atoms with Crippen molar-refractivity contribution in [3.63, 3.8) is 0 Å². The minimum atomic E-state index is -4.35. The second-order valence-electron chi connectivity index (χ2n) is 8.44. The molecule has 2 N–H and O–H groups in total. The molecule has 2 saturated carbocycles. The van der Waals surface area contributed by atoms with E-state index in [2.05, 4.69) is 10.3 Å². The number of H-pyrrole nitrogens is 1. The summed E-state index contributed by atoms with van der Waals surface area (Å²) in [6, 6.07) is 10.5. The van der Waals surface area contributed by atoms with Crippen molar-refractivity contribution in [3.8, 4) is 5.75 Å². The van der Waals surface area contributed by atoms with Crippen LogP contribution in [0.2, 0.25) is 0 Å². The molecule has 2 fully saturated rings. The minimum Gasteiger partial charge on any atom is -0.490 e. The zero-order valence-electron chi connectivity index (χ0n) is 16.7. The highest BCUT2D eigenvalue weighted by Gasteiger charge is 2.61. The van der Waals surface area contributed by atoms with Gasteiger partial charge in [0.05, 0.1) is 17.4 Å². The molecular formula is C23H19F5N2O2. The molecule has 32 heavy (non-hydrogen) atoms. The standard InChI is InChI=1S/C23H19F5N2O2/c24-22(25)10-18(22)21(31)30-20-11-29-19-6-5-15(9-17(19)20)32-16-7-13(8-16)12-1-3-14(4-2-12)23(26,27)28/h1-6,9,11,13,16,18,29H,7-8,10H2,(H,30,31). The molecule has 0 saturated heterocycles. The van der Waals surface area contributed by atoms with Gasteiger partial charge in [0.1, 0.15) is 11.7 Å². The van der Waals surface area contributed by atoms with Crippen molar-refractivity contribution in [1.29, 1.82) is 0 Å². The van der Waals surface area contributed by atoms with E-state index in [0.29, 0.717) is 29.7 Å². The third-order valence-electron chi connectivity index (χ3n) is 6.16. The van der Waals surface area contributed by atoms with Crippen molar-refractivity contribution in [3.05, 3.63) is 59.8 Å². The summed E-state index contributed by atoms with van der Waals surface area (Å²) in [5.74, 6) is -4.23. The minimum absolute atomic E-state index is 0.0816. The number of amides is 1. The molecule has 0 bridgehead atoms. The van der Waals surface area contributed by atoms with Crippen LogP contribution in [0.3, 0.4) is 0 Å². The summed E-state index contributed by atoms with van der Waals surface area (Å²) in [7, 11) is 0. The van der Waals surface area contributed by atoms with Crippen molar-refractivity contribution < 1.29 is 31.5 Å². The van der Waals surface area contributed by atoms with Crippen LogP contribution in [0.15, 0.2) is 48.7 Å². The molecule has 1 aromatic heterocycles. The predicted molar refractivity (Wildman–Crippen MR) is 108 cm³/mol. The SMILES string of the molecule is O=C(Nc1c[nH]c2ccc(OC3CC(c4ccc(C(F)(F)F)cc4)C3)cc12)C1CC1(F)F. The van der Waals surface area contributed by atoms with E-state index in [1.54, 1.807) is 24.4 Å². The number of nitrogens with one attached hydrogen (secondary N) is 2. The van der Waals surface area contributed by atoms with E-state index in [1.165, 1.54) is 12.1 Å². The Kier molecular flexibility index (Phi) is 4.69. The van der Waals surface area contributed by atoms with Crippen molar-refractivity contribution in [2.45, 2.75) is 43.4 Å². The lowest BCUT2D eigenvalue weighted by Gasteiger charge is -2.35. The largest absolute Gasteiger partial charge is 0.490 e. The summed E-state index contributed by atoms with van der Waals surface area (Å²) in [6.07, 6.45) is -1.96. The monoisotopic (exact) mass is 450 g/mol. The molecule has 0 aliphatic heterocycles. The highest BCUT2D eigenvalue weighted by atomic mass is 19.4. The molecule has 5 rings (SSSR count). The number of benzene rings is 2. The summed E-state index contributed by atoms with van der Waals surface area (Å²) in [5, 5.41) is 3.20. The molecule has 2 aromatic carbocycles. The lowest BCUT2D eigenvalue weighted by Crippen LogP contribution is -2.32. The van der Waals surface area contributed by atoms with Gasteiger partial charge in [0.2, 0.25) is 5.91 Å². The second-order valence-corrected chi connectivity index (χ2v) is 8.44. The first-order valence-electron chi connectivity index (χ1n) is 10.2. The zero-order chi connectivity index (χ0) is 22.7. The highest BCUT2D eigenvalue weighted by molar-refractivity contribution is 6.03. The highest BCUT2D eigenvalue weighted by Crippen LogP contribution is 2.49. The van der Waals surface area contributed by atoms with Crippen LogP contribution in [-0.4, -0.2) is 22.9 Å². The summed E-state index contributed by atoms with van der Waals surface area (Å²) < 4.78 is 70.4. The van der Waals surface area contributed by atoms with Gasteiger partial charge in [-0.1, -0.05) is 12.1 Å². The Morgan fingerprint density at radius 2 is 1.78 bits per heavy atom. The molecular weight excluding hydrogens is 431 g/mol. The summed E-state index contributed by atoms with van der Waals surface area (Å²) in [4.78, 5) is 15.0. The molecule has 1 unspecified atom stereocenters. The Hall–Kier alpha value is -3.10. The maximum absolute atomic E-state index is 13.1. The maximum Gasteiger partial charge on any atom is 0.416 e. The molecule has 168 valence electrons. The number of anilines is 1. The molecule has 0 radical (unpaired) electrons. The summed E-state index contributed by atoms with van der Waals surface area (Å²) in [6.45, 7) is 0. The molecule has 3 aromatic rings. The fourth-order valence-electron chi connectivity index (χ4n) is 4.06. The van der Waals surface area contributed by atoms with Crippen molar-refractivity contribution in [2.75, 3.05) is 5.32 Å². The molecule has 4 nitrogen and oxygen atoms in total. The third-order valence-corrected chi connectivity index (χ3v) is 6.16. The van der Waals surface area contributed by atoms with E-state index in [9.17, 15) is 26.7 Å². The molecule has 1 atom stereocenters. The van der Waals surface area contributed by atoms with Crippen LogP contribution in [0.25, 0.3) is 10.9 Å². The van der Waals surface area contributed by atoms with Crippen LogP contribution in [0.5, 0.6) is 5.75 Å². The number of hydrogen-bond acceptors (Lipinski definition) is 2. The first kappa shape index (κ1) is 20.8. The van der Waals surface area contributed by atoms with Crippen LogP contribution in [0, 0.1) is 5.92 Å². The van der Waals surface area contributed by atoms with Crippen LogP contribution < -0.4 is 10.1 Å². The maximum atomic E-state index is 13.1. The van der Waals surface area contributed by atoms with E-state index in [4.69, 9.17) is 4.74 Å². The topological polar surface area (TPSA) is 54.1 Å². The second kappa shape index (κ2) is 7.21. The van der Waals surface area contributed by atoms with Gasteiger partial charge < -0.3 is 15.0 Å². The first-order valence-corrected chi connectivity index (χ1v) is 10.2. The molecule has 1 heterocycles. The average molecular weight is 450 g/mol. The Bertz CT molecular complexity index is 1160. The van der Waals surface area contributed by atoms with Crippen LogP contribution in [0.1, 0.15) is 36.3 Å². The van der Waals surface area contributed by atoms with Gasteiger partial charge in [-0.15, -0.1) is 0 Å². The molecule has 9 heteroatoms. The van der Waals surface area contributed by atoms with Crippen molar-refractivity contribution in [1.82, 2.24) is 4.98 Å². The van der Waals surface area contributed by atoms with E-state index >= 15 is 0 Å². The van der Waals surface area contributed by atoms with E-state index < -0.39 is 35.9 Å². The van der Waals surface area contributed by atoms with E-state index in [1.807, 2.05) is 0 Å². The predicted octanol–water partition coefficient (Wildman–Crippen LogP) is 6.11. The van der Waals surface area contributed by atoms with Crippen LogP contribution in [0.4, 0.5) is 27.6 Å². The Labute approximate surface area is 179 Å². The van der Waals surface area contributed by atoms with E-state index in [0.717, 1.165) is 23.2 Å². The molecule has 0 spiro atoms. The fraction of sp³-hybridized carbons (Fsp3) is 0.348.